The molecule has 1 saturated carbocycles. The molecule has 0 aromatic rings. The molecule has 1 amide bonds. The third-order valence-electron chi connectivity index (χ3n) is 7.08. The highest BCUT2D eigenvalue weighted by atomic mass is 16.3. The van der Waals surface area contributed by atoms with Crippen LogP contribution in [0.3, 0.4) is 0 Å². The monoisotopic (exact) mass is 399 g/mol. The van der Waals surface area contributed by atoms with Crippen molar-refractivity contribution in [3.8, 4) is 0 Å². The first-order valence-corrected chi connectivity index (χ1v) is 10.7. The average Bonchev–Trinajstić information content (AvgIpc) is 2.97. The fourth-order valence-electron chi connectivity index (χ4n) is 5.36. The van der Waals surface area contributed by atoms with Crippen molar-refractivity contribution in [3.63, 3.8) is 0 Å². The van der Waals surface area contributed by atoms with E-state index in [1.165, 1.54) is 6.92 Å². The molecular formula is C24H33NO4. The van der Waals surface area contributed by atoms with E-state index in [2.05, 4.69) is 24.4 Å². The molecule has 29 heavy (non-hydrogen) atoms. The van der Waals surface area contributed by atoms with Crippen molar-refractivity contribution < 1.29 is 19.8 Å². The number of fused-ring (bicyclic) bond motifs is 1. The molecule has 158 valence electrons. The highest BCUT2D eigenvalue weighted by Gasteiger charge is 2.53. The van der Waals surface area contributed by atoms with Crippen LogP contribution in [0.1, 0.15) is 47.0 Å². The predicted molar refractivity (Wildman–Crippen MR) is 113 cm³/mol. The molecule has 1 saturated heterocycles. The summed E-state index contributed by atoms with van der Waals surface area (Å²) in [5.41, 5.74) is -0.941. The number of allylic oxidation sites excluding steroid dienone is 7. The maximum Gasteiger partial charge on any atom is 0.259 e. The van der Waals surface area contributed by atoms with Gasteiger partial charge in [-0.3, -0.25) is 9.59 Å². The molecule has 0 aromatic carbocycles. The van der Waals surface area contributed by atoms with E-state index >= 15 is 0 Å². The van der Waals surface area contributed by atoms with Crippen LogP contribution in [0.4, 0.5) is 0 Å². The predicted octanol–water partition coefficient (Wildman–Crippen LogP) is 3.62. The molecule has 3 rings (SSSR count). The quantitative estimate of drug-likeness (QED) is 0.222. The van der Waals surface area contributed by atoms with E-state index < -0.39 is 29.3 Å². The summed E-state index contributed by atoms with van der Waals surface area (Å²) in [5, 5.41) is 23.8. The van der Waals surface area contributed by atoms with Gasteiger partial charge in [-0.2, -0.15) is 0 Å². The van der Waals surface area contributed by atoms with Crippen LogP contribution < -0.4 is 5.32 Å². The number of aliphatic hydroxyl groups is 2. The normalized spacial score (nSPS) is 40.4. The van der Waals surface area contributed by atoms with Crippen molar-refractivity contribution in [3.05, 3.63) is 47.8 Å². The fraction of sp³-hybridized carbons (Fsp3) is 0.583. The van der Waals surface area contributed by atoms with Crippen LogP contribution in [-0.4, -0.2) is 34.0 Å². The first kappa shape index (κ1) is 21.6. The van der Waals surface area contributed by atoms with E-state index in [0.29, 0.717) is 11.8 Å². The Hall–Kier alpha value is -2.14. The van der Waals surface area contributed by atoms with Crippen LogP contribution in [-0.2, 0) is 9.59 Å². The molecule has 7 atom stereocenters. The second-order valence-electron chi connectivity index (χ2n) is 9.07. The largest absolute Gasteiger partial charge is 0.511 e. The zero-order valence-electron chi connectivity index (χ0n) is 17.8. The SMILES string of the molecule is C/C=C/C=C/[C@@H]1C=C[C@@H]2C[C@H](C)CC[C@H]2[C@]1(C)/C(O)=C1/C(=O)N[C@@H](C(C)O)C1=O. The Morgan fingerprint density at radius 3 is 2.62 bits per heavy atom. The summed E-state index contributed by atoms with van der Waals surface area (Å²) in [6.07, 6.45) is 14.2. The molecule has 5 heteroatoms. The van der Waals surface area contributed by atoms with E-state index in [0.717, 1.165) is 19.3 Å². The van der Waals surface area contributed by atoms with Gasteiger partial charge in [0, 0.05) is 11.3 Å². The van der Waals surface area contributed by atoms with Gasteiger partial charge in [-0.05, 0) is 44.4 Å². The molecule has 0 aromatic heterocycles. The molecule has 1 aliphatic heterocycles. The van der Waals surface area contributed by atoms with Gasteiger partial charge in [-0.25, -0.2) is 0 Å². The van der Waals surface area contributed by atoms with E-state index in [9.17, 15) is 19.8 Å². The van der Waals surface area contributed by atoms with Crippen molar-refractivity contribution in [2.75, 3.05) is 0 Å². The third-order valence-corrected chi connectivity index (χ3v) is 7.08. The van der Waals surface area contributed by atoms with Crippen molar-refractivity contribution >= 4 is 11.7 Å². The van der Waals surface area contributed by atoms with Gasteiger partial charge in [-0.1, -0.05) is 56.7 Å². The zero-order valence-corrected chi connectivity index (χ0v) is 17.8. The molecule has 3 aliphatic rings. The van der Waals surface area contributed by atoms with Gasteiger partial charge >= 0.3 is 0 Å². The van der Waals surface area contributed by atoms with Gasteiger partial charge < -0.3 is 15.5 Å². The Bertz CT molecular complexity index is 791. The lowest BCUT2D eigenvalue weighted by atomic mass is 9.54. The number of hydrogen-bond donors (Lipinski definition) is 3. The summed E-state index contributed by atoms with van der Waals surface area (Å²) >= 11 is 0. The lowest BCUT2D eigenvalue weighted by Crippen LogP contribution is -2.45. The first-order chi connectivity index (χ1) is 13.7. The van der Waals surface area contributed by atoms with Crippen molar-refractivity contribution in [1.29, 1.82) is 0 Å². The number of ketones is 1. The third kappa shape index (κ3) is 3.73. The van der Waals surface area contributed by atoms with Gasteiger partial charge in [0.1, 0.15) is 17.4 Å². The number of aliphatic hydroxyl groups excluding tert-OH is 2. The second kappa shape index (κ2) is 8.31. The topological polar surface area (TPSA) is 86.6 Å². The van der Waals surface area contributed by atoms with Crippen LogP contribution >= 0.6 is 0 Å². The van der Waals surface area contributed by atoms with Gasteiger partial charge in [0.2, 0.25) is 0 Å². The number of rotatable bonds is 4. The van der Waals surface area contributed by atoms with Crippen LogP contribution in [0.5, 0.6) is 0 Å². The molecule has 3 N–H and O–H groups in total. The first-order valence-electron chi connectivity index (χ1n) is 10.7. The van der Waals surface area contributed by atoms with Crippen LogP contribution in [0.2, 0.25) is 0 Å². The highest BCUT2D eigenvalue weighted by Crippen LogP contribution is 2.56. The summed E-state index contributed by atoms with van der Waals surface area (Å²) in [5.74, 6) is -0.306. The summed E-state index contributed by atoms with van der Waals surface area (Å²) in [6, 6.07) is -0.999. The van der Waals surface area contributed by atoms with Crippen LogP contribution in [0.15, 0.2) is 47.8 Å². The number of hydrogen-bond acceptors (Lipinski definition) is 4. The zero-order chi connectivity index (χ0) is 21.3. The number of amides is 1. The van der Waals surface area contributed by atoms with Gasteiger partial charge in [0.25, 0.3) is 5.91 Å². The maximum absolute atomic E-state index is 12.9. The molecule has 5 nitrogen and oxygen atoms in total. The number of Topliss-reactive ketones (excluding diaryl/α,β-unsaturated/α-hetero) is 1. The highest BCUT2D eigenvalue weighted by molar-refractivity contribution is 6.27. The summed E-state index contributed by atoms with van der Waals surface area (Å²) in [7, 11) is 0. The molecule has 1 heterocycles. The smallest absolute Gasteiger partial charge is 0.259 e. The molecule has 0 spiro atoms. The summed E-state index contributed by atoms with van der Waals surface area (Å²) < 4.78 is 0. The number of carbonyl (C=O) groups is 2. The Balaban J connectivity index is 2.11. The van der Waals surface area contributed by atoms with E-state index in [1.807, 2.05) is 38.2 Å². The lowest BCUT2D eigenvalue weighted by Gasteiger charge is -2.50. The Morgan fingerprint density at radius 2 is 2.00 bits per heavy atom. The molecule has 1 unspecified atom stereocenters. The van der Waals surface area contributed by atoms with E-state index in [-0.39, 0.29) is 23.2 Å². The number of carbonyl (C=O) groups excluding carboxylic acids is 2. The molecule has 2 aliphatic carbocycles. The molecule has 0 bridgehead atoms. The van der Waals surface area contributed by atoms with Crippen LogP contribution in [0, 0.1) is 29.1 Å². The minimum absolute atomic E-state index is 0.132. The van der Waals surface area contributed by atoms with Gasteiger partial charge in [0.05, 0.1) is 6.10 Å². The fourth-order valence-corrected chi connectivity index (χ4v) is 5.36. The van der Waals surface area contributed by atoms with Gasteiger partial charge in [0.15, 0.2) is 5.78 Å². The van der Waals surface area contributed by atoms with Crippen LogP contribution in [0.25, 0.3) is 0 Å². The van der Waals surface area contributed by atoms with Crippen molar-refractivity contribution in [2.24, 2.45) is 29.1 Å². The second-order valence-corrected chi connectivity index (χ2v) is 9.07. The standard InChI is InChI=1S/C24H33NO4/c1-5-6-7-8-17-11-10-16-13-14(2)9-12-18(16)24(17,4)22(28)19-21(27)20(15(3)26)25-23(19)29/h5-8,10-11,14-18,20,26,28H,9,12-13H2,1-4H3,(H,25,29)/b6-5+,8-7+,22-19-/t14-,15?,16-,17-,18-,20+,24-/m1/s1. The Morgan fingerprint density at radius 1 is 1.28 bits per heavy atom. The van der Waals surface area contributed by atoms with Gasteiger partial charge in [-0.15, -0.1) is 0 Å². The van der Waals surface area contributed by atoms with Crippen molar-refractivity contribution in [2.45, 2.75) is 59.1 Å². The van der Waals surface area contributed by atoms with Crippen molar-refractivity contribution in [1.82, 2.24) is 5.32 Å². The average molecular weight is 400 g/mol. The number of nitrogens with one attached hydrogen (secondary N) is 1. The summed E-state index contributed by atoms with van der Waals surface area (Å²) in [4.78, 5) is 25.5. The molecular weight excluding hydrogens is 366 g/mol. The van der Waals surface area contributed by atoms with E-state index in [4.69, 9.17) is 0 Å². The maximum atomic E-state index is 12.9. The molecule has 0 radical (unpaired) electrons. The van der Waals surface area contributed by atoms with E-state index in [1.54, 1.807) is 0 Å². The Kier molecular flexibility index (Phi) is 6.18. The minimum Gasteiger partial charge on any atom is -0.511 e. The lowest BCUT2D eigenvalue weighted by molar-refractivity contribution is -0.118. The molecule has 2 fully saturated rings. The summed E-state index contributed by atoms with van der Waals surface area (Å²) in [6.45, 7) is 7.64. The Labute approximate surface area is 173 Å². The minimum atomic E-state index is -1.01.